The largest absolute Gasteiger partial charge is 0.481 e. The van der Waals surface area contributed by atoms with Crippen LogP contribution in [0.25, 0.3) is 0 Å². The second-order valence-corrected chi connectivity index (χ2v) is 4.78. The Morgan fingerprint density at radius 1 is 1.55 bits per heavy atom. The Morgan fingerprint density at radius 3 is 3.00 bits per heavy atom. The van der Waals surface area contributed by atoms with Crippen LogP contribution in [0.1, 0.15) is 12.7 Å². The highest BCUT2D eigenvalue weighted by Gasteiger charge is 2.20. The number of rotatable bonds is 5. The summed E-state index contributed by atoms with van der Waals surface area (Å²) in [7, 11) is 1.68. The number of aromatic amines is 1. The highest BCUT2D eigenvalue weighted by Crippen LogP contribution is 2.18. The Morgan fingerprint density at radius 2 is 2.35 bits per heavy atom. The molecule has 1 N–H and O–H groups in total. The van der Waals surface area contributed by atoms with Crippen molar-refractivity contribution in [2.45, 2.75) is 19.6 Å². The molecule has 2 aromatic rings. The fraction of sp³-hybridized carbons (Fsp3) is 0.308. The molecule has 1 atom stereocenters. The van der Waals surface area contributed by atoms with Crippen LogP contribution in [0.3, 0.4) is 0 Å². The molecule has 6 nitrogen and oxygen atoms in total. The van der Waals surface area contributed by atoms with Crippen LogP contribution in [0.2, 0.25) is 5.02 Å². The van der Waals surface area contributed by atoms with Crippen molar-refractivity contribution in [2.24, 2.45) is 0 Å². The molecule has 0 aliphatic heterocycles. The first-order valence-electron chi connectivity index (χ1n) is 6.07. The maximum Gasteiger partial charge on any atom is 0.263 e. The molecule has 20 heavy (non-hydrogen) atoms. The van der Waals surface area contributed by atoms with Gasteiger partial charge in [-0.3, -0.25) is 9.89 Å². The fourth-order valence-corrected chi connectivity index (χ4v) is 1.90. The van der Waals surface area contributed by atoms with Gasteiger partial charge in [-0.15, -0.1) is 0 Å². The molecule has 1 amide bonds. The molecule has 0 saturated heterocycles. The number of H-pyrrole nitrogens is 1. The Labute approximate surface area is 121 Å². The Hall–Kier alpha value is -2.08. The Kier molecular flexibility index (Phi) is 4.57. The van der Waals surface area contributed by atoms with E-state index in [0.717, 1.165) is 0 Å². The van der Waals surface area contributed by atoms with Crippen LogP contribution in [0, 0.1) is 0 Å². The van der Waals surface area contributed by atoms with Gasteiger partial charge in [0.25, 0.3) is 5.91 Å². The van der Waals surface area contributed by atoms with Gasteiger partial charge in [0.1, 0.15) is 17.9 Å². The van der Waals surface area contributed by atoms with Gasteiger partial charge in [0, 0.05) is 12.1 Å². The zero-order valence-electron chi connectivity index (χ0n) is 11.2. The summed E-state index contributed by atoms with van der Waals surface area (Å²) in [5.74, 6) is 1.03. The minimum atomic E-state index is -0.610. The number of aromatic nitrogens is 3. The summed E-state index contributed by atoms with van der Waals surface area (Å²) in [6, 6.07) is 6.94. The molecule has 0 aliphatic carbocycles. The van der Waals surface area contributed by atoms with E-state index in [0.29, 0.717) is 23.1 Å². The summed E-state index contributed by atoms with van der Waals surface area (Å²) in [6.45, 7) is 2.04. The molecule has 1 aromatic heterocycles. The van der Waals surface area contributed by atoms with Crippen molar-refractivity contribution in [3.63, 3.8) is 0 Å². The predicted molar refractivity (Wildman–Crippen MR) is 74.4 cm³/mol. The number of nitrogens with zero attached hydrogens (tertiary/aromatic N) is 3. The van der Waals surface area contributed by atoms with Crippen molar-refractivity contribution >= 4 is 17.5 Å². The number of amides is 1. The Balaban J connectivity index is 1.94. The van der Waals surface area contributed by atoms with Gasteiger partial charge in [-0.1, -0.05) is 17.7 Å². The summed E-state index contributed by atoms with van der Waals surface area (Å²) in [5, 5.41) is 7.01. The molecule has 0 saturated carbocycles. The third kappa shape index (κ3) is 3.71. The van der Waals surface area contributed by atoms with Gasteiger partial charge in [-0.05, 0) is 25.1 Å². The molecule has 0 fully saturated rings. The first-order chi connectivity index (χ1) is 9.56. The van der Waals surface area contributed by atoms with Crippen molar-refractivity contribution in [2.75, 3.05) is 7.05 Å². The molecule has 0 spiro atoms. The van der Waals surface area contributed by atoms with Crippen LogP contribution in [0.5, 0.6) is 5.75 Å². The van der Waals surface area contributed by atoms with E-state index in [1.54, 1.807) is 38.2 Å². The number of hydrogen-bond donors (Lipinski definition) is 1. The molecule has 1 heterocycles. The van der Waals surface area contributed by atoms with Crippen molar-refractivity contribution in [3.8, 4) is 5.75 Å². The van der Waals surface area contributed by atoms with E-state index in [4.69, 9.17) is 16.3 Å². The third-order valence-corrected chi connectivity index (χ3v) is 2.92. The molecular formula is C13H15ClN4O2. The van der Waals surface area contributed by atoms with Crippen molar-refractivity contribution < 1.29 is 9.53 Å². The summed E-state index contributed by atoms with van der Waals surface area (Å²) in [5.41, 5.74) is 0. The second kappa shape index (κ2) is 6.38. The van der Waals surface area contributed by atoms with Crippen molar-refractivity contribution in [1.29, 1.82) is 0 Å². The van der Waals surface area contributed by atoms with Crippen LogP contribution in [0.4, 0.5) is 0 Å². The van der Waals surface area contributed by atoms with E-state index in [1.807, 2.05) is 0 Å². The molecule has 7 heteroatoms. The van der Waals surface area contributed by atoms with Crippen LogP contribution >= 0.6 is 11.6 Å². The number of ether oxygens (including phenoxy) is 1. The van der Waals surface area contributed by atoms with Gasteiger partial charge in [-0.25, -0.2) is 4.98 Å². The van der Waals surface area contributed by atoms with E-state index >= 15 is 0 Å². The topological polar surface area (TPSA) is 71.1 Å². The Bertz CT molecular complexity index is 574. The number of nitrogens with one attached hydrogen (secondary N) is 1. The summed E-state index contributed by atoms with van der Waals surface area (Å²) < 4.78 is 5.58. The molecule has 0 bridgehead atoms. The lowest BCUT2D eigenvalue weighted by Gasteiger charge is -2.21. The number of carbonyl (C=O) groups is 1. The normalized spacial score (nSPS) is 11.9. The second-order valence-electron chi connectivity index (χ2n) is 4.34. The highest BCUT2D eigenvalue weighted by molar-refractivity contribution is 6.30. The van der Waals surface area contributed by atoms with E-state index in [2.05, 4.69) is 15.2 Å². The average Bonchev–Trinajstić information content (AvgIpc) is 2.90. The summed E-state index contributed by atoms with van der Waals surface area (Å²) >= 11 is 5.87. The number of likely N-dealkylation sites (N-methyl/N-ethyl adjacent to an activating group) is 1. The minimum absolute atomic E-state index is 0.152. The van der Waals surface area contributed by atoms with Gasteiger partial charge in [0.15, 0.2) is 6.10 Å². The average molecular weight is 295 g/mol. The van der Waals surface area contributed by atoms with Gasteiger partial charge in [0.05, 0.1) is 6.54 Å². The highest BCUT2D eigenvalue weighted by atomic mass is 35.5. The molecule has 0 aliphatic rings. The lowest BCUT2D eigenvalue weighted by Crippen LogP contribution is -2.37. The molecule has 1 aromatic carbocycles. The van der Waals surface area contributed by atoms with Crippen LogP contribution < -0.4 is 4.74 Å². The number of halogens is 1. The summed E-state index contributed by atoms with van der Waals surface area (Å²) in [6.07, 6.45) is 0.793. The lowest BCUT2D eigenvalue weighted by molar-refractivity contribution is -0.137. The van der Waals surface area contributed by atoms with Gasteiger partial charge in [-0.2, -0.15) is 5.10 Å². The quantitative estimate of drug-likeness (QED) is 0.914. The van der Waals surface area contributed by atoms with Crippen molar-refractivity contribution in [3.05, 3.63) is 41.4 Å². The standard InChI is InChI=1S/C13H15ClN4O2/c1-9(20-11-5-3-4-10(14)6-11)13(19)18(2)7-12-15-8-16-17-12/h3-6,8-9H,7H2,1-2H3,(H,15,16,17). The van der Waals surface area contributed by atoms with Gasteiger partial charge < -0.3 is 9.64 Å². The molecule has 106 valence electrons. The maximum absolute atomic E-state index is 12.2. The van der Waals surface area contributed by atoms with Gasteiger partial charge in [0.2, 0.25) is 0 Å². The van der Waals surface area contributed by atoms with E-state index in [-0.39, 0.29) is 5.91 Å². The number of benzene rings is 1. The van der Waals surface area contributed by atoms with E-state index in [9.17, 15) is 4.79 Å². The van der Waals surface area contributed by atoms with Crippen molar-refractivity contribution in [1.82, 2.24) is 20.1 Å². The first-order valence-corrected chi connectivity index (χ1v) is 6.45. The zero-order valence-corrected chi connectivity index (χ0v) is 12.0. The molecule has 2 rings (SSSR count). The monoisotopic (exact) mass is 294 g/mol. The fourth-order valence-electron chi connectivity index (χ4n) is 1.71. The maximum atomic E-state index is 12.2. The van der Waals surface area contributed by atoms with Gasteiger partial charge >= 0.3 is 0 Å². The van der Waals surface area contributed by atoms with Crippen LogP contribution in [0.15, 0.2) is 30.6 Å². The lowest BCUT2D eigenvalue weighted by atomic mass is 10.3. The number of hydrogen-bond acceptors (Lipinski definition) is 4. The molecular weight excluding hydrogens is 280 g/mol. The first kappa shape index (κ1) is 14.3. The zero-order chi connectivity index (χ0) is 14.5. The van der Waals surface area contributed by atoms with Crippen LogP contribution in [-0.4, -0.2) is 39.1 Å². The van der Waals surface area contributed by atoms with E-state index in [1.165, 1.54) is 11.2 Å². The predicted octanol–water partition coefficient (Wildman–Crippen LogP) is 1.88. The minimum Gasteiger partial charge on any atom is -0.481 e. The third-order valence-electron chi connectivity index (χ3n) is 2.68. The molecule has 0 radical (unpaired) electrons. The van der Waals surface area contributed by atoms with E-state index < -0.39 is 6.10 Å². The summed E-state index contributed by atoms with van der Waals surface area (Å²) in [4.78, 5) is 17.7. The van der Waals surface area contributed by atoms with Crippen LogP contribution in [-0.2, 0) is 11.3 Å². The number of carbonyl (C=O) groups excluding carboxylic acids is 1. The SMILES string of the molecule is CC(Oc1cccc(Cl)c1)C(=O)N(C)Cc1ncn[nH]1. The smallest absolute Gasteiger partial charge is 0.263 e. The molecule has 1 unspecified atom stereocenters.